The van der Waals surface area contributed by atoms with Crippen LogP contribution in [0.3, 0.4) is 0 Å². The SMILES string of the molecule is C=C(CN1C(=O)N(c2ccc(OC(F)(F)F)cc2)C(=O)C1(C)C)c1ccccc1[N+](=C)OC. The summed E-state index contributed by atoms with van der Waals surface area (Å²) in [4.78, 5) is 33.7. The van der Waals surface area contributed by atoms with Gasteiger partial charge in [-0.05, 0) is 49.8 Å². The maximum atomic E-state index is 13.2. The lowest BCUT2D eigenvalue weighted by Crippen LogP contribution is -2.44. The van der Waals surface area contributed by atoms with Crippen molar-refractivity contribution in [3.63, 3.8) is 0 Å². The molecule has 0 bridgehead atoms. The number of ether oxygens (including phenoxy) is 1. The highest BCUT2D eigenvalue weighted by atomic mass is 19.4. The molecule has 0 radical (unpaired) electrons. The summed E-state index contributed by atoms with van der Waals surface area (Å²) in [7, 11) is 1.46. The molecule has 1 aliphatic heterocycles. The first-order chi connectivity index (χ1) is 15.4. The Balaban J connectivity index is 1.87. The number of imide groups is 1. The van der Waals surface area contributed by atoms with E-state index in [1.54, 1.807) is 38.1 Å². The highest BCUT2D eigenvalue weighted by Crippen LogP contribution is 2.35. The fraction of sp³-hybridized carbons (Fsp3) is 0.261. The minimum Gasteiger partial charge on any atom is -0.406 e. The van der Waals surface area contributed by atoms with Crippen LogP contribution in [0.1, 0.15) is 19.4 Å². The Morgan fingerprint density at radius 2 is 1.70 bits per heavy atom. The number of hydrogen-bond acceptors (Lipinski definition) is 4. The quantitative estimate of drug-likeness (QED) is 0.258. The second-order valence-electron chi connectivity index (χ2n) is 7.79. The van der Waals surface area contributed by atoms with Crippen LogP contribution < -0.4 is 9.64 Å². The van der Waals surface area contributed by atoms with Crippen LogP contribution in [0.2, 0.25) is 0 Å². The highest BCUT2D eigenvalue weighted by Gasteiger charge is 2.52. The van der Waals surface area contributed by atoms with Crippen LogP contribution in [0.25, 0.3) is 5.57 Å². The van der Waals surface area contributed by atoms with Crippen molar-refractivity contribution >= 4 is 35.6 Å². The van der Waals surface area contributed by atoms with Gasteiger partial charge in [-0.25, -0.2) is 9.69 Å². The standard InChI is InChI=1S/C23H23F3N3O4/c1-15(18-8-6-7-9-19(18)27(4)32-5)14-28-21(31)29(20(30)22(28,2)3)16-10-12-17(13-11-16)33-23(24,25)26/h6-13H,1,4,14H2,2-3,5H3/q+1. The lowest BCUT2D eigenvalue weighted by atomic mass is 10.00. The summed E-state index contributed by atoms with van der Waals surface area (Å²) >= 11 is 0. The Morgan fingerprint density at radius 3 is 2.27 bits per heavy atom. The third-order valence-corrected chi connectivity index (χ3v) is 5.27. The molecule has 7 nitrogen and oxygen atoms in total. The van der Waals surface area contributed by atoms with E-state index in [9.17, 15) is 22.8 Å². The van der Waals surface area contributed by atoms with E-state index in [2.05, 4.69) is 18.0 Å². The predicted molar refractivity (Wildman–Crippen MR) is 116 cm³/mol. The molecule has 174 valence electrons. The van der Waals surface area contributed by atoms with Gasteiger partial charge in [-0.1, -0.05) is 18.7 Å². The Morgan fingerprint density at radius 1 is 1.09 bits per heavy atom. The van der Waals surface area contributed by atoms with E-state index in [0.29, 0.717) is 16.8 Å². The number of carbonyl (C=O) groups excluding carboxylic acids is 2. The van der Waals surface area contributed by atoms with Crippen molar-refractivity contribution in [3.8, 4) is 5.75 Å². The van der Waals surface area contributed by atoms with Gasteiger partial charge in [-0.2, -0.15) is 0 Å². The van der Waals surface area contributed by atoms with Crippen molar-refractivity contribution < 1.29 is 37.1 Å². The molecule has 1 aliphatic rings. The van der Waals surface area contributed by atoms with Gasteiger partial charge >= 0.3 is 12.4 Å². The molecule has 10 heteroatoms. The molecule has 3 amide bonds. The monoisotopic (exact) mass is 462 g/mol. The Kier molecular flexibility index (Phi) is 6.22. The van der Waals surface area contributed by atoms with Crippen molar-refractivity contribution in [1.29, 1.82) is 0 Å². The topological polar surface area (TPSA) is 62.1 Å². The van der Waals surface area contributed by atoms with Crippen LogP contribution in [0.15, 0.2) is 55.1 Å². The molecule has 0 aliphatic carbocycles. The van der Waals surface area contributed by atoms with Crippen molar-refractivity contribution in [2.45, 2.75) is 25.7 Å². The van der Waals surface area contributed by atoms with E-state index >= 15 is 0 Å². The molecular weight excluding hydrogens is 439 g/mol. The average molecular weight is 462 g/mol. The third-order valence-electron chi connectivity index (χ3n) is 5.27. The summed E-state index contributed by atoms with van der Waals surface area (Å²) < 4.78 is 42.4. The molecule has 0 aromatic heterocycles. The highest BCUT2D eigenvalue weighted by molar-refractivity contribution is 6.23. The molecule has 0 N–H and O–H groups in total. The molecule has 1 saturated heterocycles. The smallest absolute Gasteiger partial charge is 0.406 e. The van der Waals surface area contributed by atoms with Crippen LogP contribution in [0, 0.1) is 0 Å². The van der Waals surface area contributed by atoms with Gasteiger partial charge in [0.15, 0.2) is 6.72 Å². The average Bonchev–Trinajstić information content (AvgIpc) is 2.92. The summed E-state index contributed by atoms with van der Waals surface area (Å²) in [5.74, 6) is -0.976. The van der Waals surface area contributed by atoms with E-state index in [4.69, 9.17) is 4.84 Å². The zero-order valence-corrected chi connectivity index (χ0v) is 18.3. The number of benzene rings is 2. The molecule has 2 aromatic rings. The summed E-state index contributed by atoms with van der Waals surface area (Å²) in [6.45, 7) is 11.1. The molecule has 0 spiro atoms. The van der Waals surface area contributed by atoms with E-state index in [1.165, 1.54) is 28.9 Å². The fourth-order valence-electron chi connectivity index (χ4n) is 3.49. The lowest BCUT2D eigenvalue weighted by molar-refractivity contribution is -0.714. The summed E-state index contributed by atoms with van der Waals surface area (Å²) in [5.41, 5.74) is 0.753. The summed E-state index contributed by atoms with van der Waals surface area (Å²) in [6, 6.07) is 11.1. The van der Waals surface area contributed by atoms with Crippen LogP contribution in [-0.4, -0.2) is 53.9 Å². The molecule has 0 atom stereocenters. The molecule has 0 saturated carbocycles. The second-order valence-corrected chi connectivity index (χ2v) is 7.79. The largest absolute Gasteiger partial charge is 0.573 e. The number of rotatable bonds is 7. The summed E-state index contributed by atoms with van der Waals surface area (Å²) in [5, 5.41) is 0. The van der Waals surface area contributed by atoms with Gasteiger partial charge in [0, 0.05) is 17.3 Å². The summed E-state index contributed by atoms with van der Waals surface area (Å²) in [6.07, 6.45) is -4.84. The normalized spacial score (nSPS) is 15.6. The van der Waals surface area contributed by atoms with E-state index in [1.807, 2.05) is 0 Å². The lowest BCUT2D eigenvalue weighted by Gasteiger charge is -2.28. The van der Waals surface area contributed by atoms with Gasteiger partial charge in [0.25, 0.3) is 11.6 Å². The number of hydrogen-bond donors (Lipinski definition) is 0. The molecule has 3 rings (SSSR count). The Bertz CT molecular complexity index is 1110. The van der Waals surface area contributed by atoms with Gasteiger partial charge in [-0.15, -0.1) is 13.2 Å². The fourth-order valence-corrected chi connectivity index (χ4v) is 3.49. The van der Waals surface area contributed by atoms with E-state index < -0.39 is 29.6 Å². The number of para-hydroxylation sites is 1. The number of amides is 3. The zero-order valence-electron chi connectivity index (χ0n) is 18.3. The molecule has 33 heavy (non-hydrogen) atoms. The van der Waals surface area contributed by atoms with Gasteiger partial charge in [0.2, 0.25) is 0 Å². The van der Waals surface area contributed by atoms with Gasteiger partial charge in [0.05, 0.1) is 11.3 Å². The minimum atomic E-state index is -4.84. The molecule has 2 aromatic carbocycles. The molecule has 1 heterocycles. The van der Waals surface area contributed by atoms with Gasteiger partial charge < -0.3 is 9.64 Å². The number of alkyl halides is 3. The first-order valence-electron chi connectivity index (χ1n) is 9.80. The van der Waals surface area contributed by atoms with Gasteiger partial charge in [-0.3, -0.25) is 9.63 Å². The Hall–Kier alpha value is -3.82. The first kappa shape index (κ1) is 23.8. The number of halogens is 3. The molecule has 1 fully saturated rings. The van der Waals surface area contributed by atoms with Crippen LogP contribution in [0.4, 0.5) is 29.3 Å². The number of anilines is 1. The number of nitrogens with zero attached hydrogens (tertiary/aromatic N) is 3. The van der Waals surface area contributed by atoms with Gasteiger partial charge in [0.1, 0.15) is 18.4 Å². The number of urea groups is 1. The minimum absolute atomic E-state index is 0.0257. The van der Waals surface area contributed by atoms with Crippen molar-refractivity contribution in [1.82, 2.24) is 4.90 Å². The first-order valence-corrected chi connectivity index (χ1v) is 9.80. The van der Waals surface area contributed by atoms with Crippen LogP contribution in [0.5, 0.6) is 5.75 Å². The van der Waals surface area contributed by atoms with Crippen LogP contribution in [-0.2, 0) is 9.63 Å². The molecule has 0 unspecified atom stereocenters. The maximum Gasteiger partial charge on any atom is 0.573 e. The predicted octanol–water partition coefficient (Wildman–Crippen LogP) is 4.75. The van der Waals surface area contributed by atoms with E-state index in [-0.39, 0.29) is 12.2 Å². The van der Waals surface area contributed by atoms with E-state index in [0.717, 1.165) is 17.0 Å². The number of carbonyl (C=O) groups is 2. The van der Waals surface area contributed by atoms with Crippen LogP contribution >= 0.6 is 0 Å². The van der Waals surface area contributed by atoms with Crippen molar-refractivity contribution in [2.75, 3.05) is 18.6 Å². The second kappa shape index (κ2) is 8.61. The third kappa shape index (κ3) is 4.69. The molecular formula is C23H23F3N3O4+. The maximum absolute atomic E-state index is 13.2. The zero-order chi connectivity index (χ0) is 24.6. The van der Waals surface area contributed by atoms with Crippen molar-refractivity contribution in [3.05, 3.63) is 60.7 Å². The van der Waals surface area contributed by atoms with Crippen molar-refractivity contribution in [2.24, 2.45) is 0 Å². The Labute approximate surface area is 188 Å².